The molecule has 4 fully saturated rings. The zero-order valence-electron chi connectivity index (χ0n) is 14.2. The average molecular weight is 334 g/mol. The van der Waals surface area contributed by atoms with Crippen LogP contribution in [0.2, 0.25) is 0 Å². The number of hydrogen-bond donors (Lipinski definition) is 1. The molecule has 6 heteroatoms. The second-order valence-electron chi connectivity index (χ2n) is 7.93. The Balaban J connectivity index is 1.64. The van der Waals surface area contributed by atoms with Crippen LogP contribution in [0.5, 0.6) is 0 Å². The Morgan fingerprint density at radius 2 is 1.76 bits per heavy atom. The summed E-state index contributed by atoms with van der Waals surface area (Å²) in [6, 6.07) is 12.4. The van der Waals surface area contributed by atoms with E-state index in [0.29, 0.717) is 18.4 Å². The Labute approximate surface area is 147 Å². The molecule has 1 N–H and O–H groups in total. The molecule has 25 heavy (non-hydrogen) atoms. The van der Waals surface area contributed by atoms with Gasteiger partial charge in [0.05, 0.1) is 23.8 Å². The lowest BCUT2D eigenvalue weighted by atomic mass is 9.48. The highest BCUT2D eigenvalue weighted by Gasteiger charge is 2.60. The van der Waals surface area contributed by atoms with Crippen molar-refractivity contribution in [2.45, 2.75) is 37.6 Å². The summed E-state index contributed by atoms with van der Waals surface area (Å²) in [7, 11) is 0. The van der Waals surface area contributed by atoms with Gasteiger partial charge < -0.3 is 0 Å². The normalized spacial score (nSPS) is 35.6. The number of nitrogens with one attached hydrogen (secondary N) is 1. The number of nitriles is 1. The van der Waals surface area contributed by atoms with Gasteiger partial charge in [0.25, 0.3) is 0 Å². The summed E-state index contributed by atoms with van der Waals surface area (Å²) in [6.07, 6.45) is 6.31. The van der Waals surface area contributed by atoms with E-state index >= 15 is 0 Å². The number of rotatable bonds is 4. The van der Waals surface area contributed by atoms with Crippen molar-refractivity contribution in [1.82, 2.24) is 25.5 Å². The first-order valence-electron chi connectivity index (χ1n) is 9.27. The predicted octanol–water partition coefficient (Wildman–Crippen LogP) is 2.43. The number of hydrogen-bond acceptors (Lipinski definition) is 5. The molecule has 0 saturated heterocycles. The van der Waals surface area contributed by atoms with Crippen molar-refractivity contribution in [3.63, 3.8) is 0 Å². The molecule has 4 bridgehead atoms. The summed E-state index contributed by atoms with van der Waals surface area (Å²) in [6.45, 7) is 0.337. The first kappa shape index (κ1) is 15.0. The first-order valence-corrected chi connectivity index (χ1v) is 9.27. The van der Waals surface area contributed by atoms with Crippen molar-refractivity contribution in [2.24, 2.45) is 23.7 Å². The second kappa shape index (κ2) is 5.63. The summed E-state index contributed by atoms with van der Waals surface area (Å²) in [5, 5.41) is 25.7. The molecule has 0 unspecified atom stereocenters. The van der Waals surface area contributed by atoms with E-state index in [0.717, 1.165) is 23.3 Å². The number of para-hydroxylation sites is 1. The molecule has 128 valence electrons. The van der Waals surface area contributed by atoms with Crippen molar-refractivity contribution in [3.05, 3.63) is 36.2 Å². The molecule has 6 rings (SSSR count). The maximum atomic E-state index is 9.25. The summed E-state index contributed by atoms with van der Waals surface area (Å²) in [5.41, 5.74) is 0.706. The molecule has 1 aromatic carbocycles. The topological polar surface area (TPSA) is 79.4 Å². The van der Waals surface area contributed by atoms with Crippen LogP contribution in [-0.4, -0.2) is 26.8 Å². The molecular weight excluding hydrogens is 312 g/mol. The Kier molecular flexibility index (Phi) is 3.39. The SMILES string of the molecule is N#CCNC1(c2nnnn2-c2ccccc2)C2CC3CC(C2)CC1C3. The van der Waals surface area contributed by atoms with Gasteiger partial charge in [-0.25, -0.2) is 0 Å². The van der Waals surface area contributed by atoms with Crippen molar-refractivity contribution < 1.29 is 0 Å². The molecule has 4 aliphatic carbocycles. The van der Waals surface area contributed by atoms with Gasteiger partial charge >= 0.3 is 0 Å². The molecule has 4 aliphatic rings. The smallest absolute Gasteiger partial charge is 0.177 e. The molecule has 2 aromatic rings. The first-order chi connectivity index (χ1) is 12.3. The van der Waals surface area contributed by atoms with Gasteiger partial charge in [-0.1, -0.05) is 18.2 Å². The minimum Gasteiger partial charge on any atom is -0.292 e. The Morgan fingerprint density at radius 3 is 2.40 bits per heavy atom. The number of tetrazole rings is 1. The molecule has 0 spiro atoms. The van der Waals surface area contributed by atoms with E-state index in [4.69, 9.17) is 0 Å². The quantitative estimate of drug-likeness (QED) is 0.869. The highest BCUT2D eigenvalue weighted by atomic mass is 15.6. The van der Waals surface area contributed by atoms with Crippen LogP contribution in [0.3, 0.4) is 0 Å². The third-order valence-electron chi connectivity index (χ3n) is 6.73. The van der Waals surface area contributed by atoms with Gasteiger partial charge in [-0.2, -0.15) is 9.94 Å². The fourth-order valence-electron chi connectivity index (χ4n) is 6.03. The average Bonchev–Trinajstić information content (AvgIpc) is 3.12. The van der Waals surface area contributed by atoms with E-state index in [2.05, 4.69) is 26.9 Å². The largest absolute Gasteiger partial charge is 0.292 e. The lowest BCUT2D eigenvalue weighted by Gasteiger charge is -2.60. The highest BCUT2D eigenvalue weighted by Crippen LogP contribution is 2.61. The zero-order chi connectivity index (χ0) is 16.9. The third-order valence-corrected chi connectivity index (χ3v) is 6.73. The van der Waals surface area contributed by atoms with Crippen molar-refractivity contribution in [1.29, 1.82) is 5.26 Å². The van der Waals surface area contributed by atoms with E-state index in [-0.39, 0.29) is 5.54 Å². The van der Waals surface area contributed by atoms with Crippen molar-refractivity contribution >= 4 is 0 Å². The van der Waals surface area contributed by atoms with Crippen molar-refractivity contribution in [2.75, 3.05) is 6.54 Å². The van der Waals surface area contributed by atoms with Gasteiger partial charge in [-0.05, 0) is 78.3 Å². The Morgan fingerprint density at radius 1 is 1.08 bits per heavy atom. The van der Waals surface area contributed by atoms with Crippen LogP contribution in [0.1, 0.15) is 37.9 Å². The highest BCUT2D eigenvalue weighted by molar-refractivity contribution is 5.33. The lowest BCUT2D eigenvalue weighted by Crippen LogP contribution is -2.63. The summed E-state index contributed by atoms with van der Waals surface area (Å²) in [5.74, 6) is 3.63. The van der Waals surface area contributed by atoms with Crippen LogP contribution in [0.25, 0.3) is 5.69 Å². The monoisotopic (exact) mass is 334 g/mol. The summed E-state index contributed by atoms with van der Waals surface area (Å²) >= 11 is 0. The van der Waals surface area contributed by atoms with Gasteiger partial charge in [-0.15, -0.1) is 5.10 Å². The Hall–Kier alpha value is -2.26. The van der Waals surface area contributed by atoms with E-state index < -0.39 is 0 Å². The molecule has 0 radical (unpaired) electrons. The van der Waals surface area contributed by atoms with E-state index in [1.165, 1.54) is 32.1 Å². The van der Waals surface area contributed by atoms with Crippen molar-refractivity contribution in [3.8, 4) is 11.8 Å². The molecule has 0 amide bonds. The van der Waals surface area contributed by atoms with Crippen LogP contribution in [-0.2, 0) is 5.54 Å². The zero-order valence-corrected chi connectivity index (χ0v) is 14.2. The fraction of sp³-hybridized carbons (Fsp3) is 0.579. The summed E-state index contributed by atoms with van der Waals surface area (Å²) in [4.78, 5) is 0. The molecule has 1 aromatic heterocycles. The maximum absolute atomic E-state index is 9.25. The van der Waals surface area contributed by atoms with Crippen LogP contribution >= 0.6 is 0 Å². The molecule has 0 atom stereocenters. The minimum absolute atomic E-state index is 0.275. The second-order valence-corrected chi connectivity index (χ2v) is 7.93. The maximum Gasteiger partial charge on any atom is 0.177 e. The van der Waals surface area contributed by atoms with E-state index in [1.54, 1.807) is 0 Å². The fourth-order valence-corrected chi connectivity index (χ4v) is 6.03. The van der Waals surface area contributed by atoms with Gasteiger partial charge in [0.2, 0.25) is 0 Å². The van der Waals surface area contributed by atoms with E-state index in [9.17, 15) is 5.26 Å². The summed E-state index contributed by atoms with van der Waals surface area (Å²) < 4.78 is 1.88. The third kappa shape index (κ3) is 2.15. The van der Waals surface area contributed by atoms with Gasteiger partial charge in [-0.3, -0.25) is 5.32 Å². The number of benzene rings is 1. The minimum atomic E-state index is -0.275. The van der Waals surface area contributed by atoms with Gasteiger partial charge in [0.15, 0.2) is 5.82 Å². The number of nitrogens with zero attached hydrogens (tertiary/aromatic N) is 5. The number of aromatic nitrogens is 4. The van der Waals surface area contributed by atoms with Crippen LogP contribution < -0.4 is 5.32 Å². The standard InChI is InChI=1S/C19H22N6/c20-6-7-21-19(15-9-13-8-14(11-15)12-16(19)10-13)18-22-23-24-25(18)17-4-2-1-3-5-17/h1-5,13-16,21H,7-12H2. The van der Waals surface area contributed by atoms with Crippen LogP contribution in [0.4, 0.5) is 0 Å². The molecule has 6 nitrogen and oxygen atoms in total. The van der Waals surface area contributed by atoms with Gasteiger partial charge in [0.1, 0.15) is 0 Å². The Bertz CT molecular complexity index is 777. The predicted molar refractivity (Wildman–Crippen MR) is 91.5 cm³/mol. The molecular formula is C19H22N6. The van der Waals surface area contributed by atoms with E-state index in [1.807, 2.05) is 35.0 Å². The molecule has 4 saturated carbocycles. The molecule has 1 heterocycles. The molecule has 0 aliphatic heterocycles. The van der Waals surface area contributed by atoms with Crippen LogP contribution in [0, 0.1) is 35.0 Å². The van der Waals surface area contributed by atoms with Crippen LogP contribution in [0.15, 0.2) is 30.3 Å². The lowest BCUT2D eigenvalue weighted by molar-refractivity contribution is -0.0812. The van der Waals surface area contributed by atoms with Gasteiger partial charge in [0, 0.05) is 0 Å².